The standard InChI is InChI=1S/C20H24O6S2/c1-15-6-10-18(11-7-15)27(21,22)25-14-17-4-3-5-20(17)26-28(23,24)19-12-8-16(2)9-13-19/h6-13,17,20H,3-5,14H2,1-2H3/t17-,20-/m1/s1. The van der Waals surface area contributed by atoms with E-state index in [2.05, 4.69) is 0 Å². The molecule has 0 unspecified atom stereocenters. The quantitative estimate of drug-likeness (QED) is 0.632. The summed E-state index contributed by atoms with van der Waals surface area (Å²) in [4.78, 5) is 0.179. The maximum absolute atomic E-state index is 12.5. The highest BCUT2D eigenvalue weighted by molar-refractivity contribution is 7.87. The highest BCUT2D eigenvalue weighted by atomic mass is 32.2. The molecule has 0 heterocycles. The van der Waals surface area contributed by atoms with Gasteiger partial charge in [0.1, 0.15) is 0 Å². The second kappa shape index (κ2) is 8.32. The summed E-state index contributed by atoms with van der Waals surface area (Å²) in [6, 6.07) is 12.8. The van der Waals surface area contributed by atoms with E-state index in [0.717, 1.165) is 17.5 Å². The van der Waals surface area contributed by atoms with Crippen LogP contribution in [0.2, 0.25) is 0 Å². The third kappa shape index (κ3) is 5.00. The molecule has 0 saturated heterocycles. The summed E-state index contributed by atoms with van der Waals surface area (Å²) in [7, 11) is -7.80. The summed E-state index contributed by atoms with van der Waals surface area (Å²) in [5, 5.41) is 0. The number of aryl methyl sites for hydroxylation is 2. The summed E-state index contributed by atoms with van der Waals surface area (Å²) in [6.45, 7) is 3.63. The van der Waals surface area contributed by atoms with Crippen LogP contribution < -0.4 is 0 Å². The van der Waals surface area contributed by atoms with E-state index in [9.17, 15) is 16.8 Å². The Morgan fingerprint density at radius 1 is 0.786 bits per heavy atom. The molecule has 0 radical (unpaired) electrons. The van der Waals surface area contributed by atoms with Crippen LogP contribution in [0.25, 0.3) is 0 Å². The van der Waals surface area contributed by atoms with E-state index < -0.39 is 26.3 Å². The molecule has 0 N–H and O–H groups in total. The molecule has 2 aromatic rings. The third-order valence-electron chi connectivity index (χ3n) is 4.90. The summed E-state index contributed by atoms with van der Waals surface area (Å²) < 4.78 is 60.4. The monoisotopic (exact) mass is 424 g/mol. The average Bonchev–Trinajstić information content (AvgIpc) is 3.07. The summed E-state index contributed by atoms with van der Waals surface area (Å²) in [5.41, 5.74) is 1.90. The van der Waals surface area contributed by atoms with Crippen LogP contribution in [-0.2, 0) is 28.6 Å². The molecule has 0 spiro atoms. The van der Waals surface area contributed by atoms with Gasteiger partial charge in [0.25, 0.3) is 20.2 Å². The van der Waals surface area contributed by atoms with Gasteiger partial charge in [-0.3, -0.25) is 8.37 Å². The van der Waals surface area contributed by atoms with Crippen LogP contribution in [0.3, 0.4) is 0 Å². The zero-order valence-corrected chi connectivity index (χ0v) is 17.5. The first-order valence-electron chi connectivity index (χ1n) is 9.13. The van der Waals surface area contributed by atoms with Crippen molar-refractivity contribution in [2.45, 2.75) is 49.0 Å². The predicted octanol–water partition coefficient (Wildman–Crippen LogP) is 3.58. The molecule has 1 saturated carbocycles. The maximum atomic E-state index is 12.5. The van der Waals surface area contributed by atoms with Crippen LogP contribution in [0, 0.1) is 19.8 Å². The Morgan fingerprint density at radius 2 is 1.29 bits per heavy atom. The van der Waals surface area contributed by atoms with E-state index in [1.54, 1.807) is 24.3 Å². The Bertz CT molecular complexity index is 1010. The Balaban J connectivity index is 1.66. The van der Waals surface area contributed by atoms with Crippen molar-refractivity contribution in [3.63, 3.8) is 0 Å². The lowest BCUT2D eigenvalue weighted by Crippen LogP contribution is -2.27. The largest absolute Gasteiger partial charge is 0.297 e. The Morgan fingerprint density at radius 3 is 1.82 bits per heavy atom. The van der Waals surface area contributed by atoms with Crippen molar-refractivity contribution < 1.29 is 25.2 Å². The van der Waals surface area contributed by atoms with Crippen molar-refractivity contribution in [1.82, 2.24) is 0 Å². The lowest BCUT2D eigenvalue weighted by atomic mass is 10.1. The highest BCUT2D eigenvalue weighted by Crippen LogP contribution is 2.32. The first kappa shape index (κ1) is 21.0. The SMILES string of the molecule is Cc1ccc(S(=O)(=O)OC[C@H]2CCC[C@H]2OS(=O)(=O)c2ccc(C)cc2)cc1. The molecule has 1 aliphatic carbocycles. The van der Waals surface area contributed by atoms with Gasteiger partial charge in [0.2, 0.25) is 0 Å². The predicted molar refractivity (Wildman–Crippen MR) is 105 cm³/mol. The van der Waals surface area contributed by atoms with Crippen LogP contribution in [0.15, 0.2) is 58.3 Å². The minimum Gasteiger partial charge on any atom is -0.266 e. The van der Waals surface area contributed by atoms with Crippen molar-refractivity contribution in [1.29, 1.82) is 0 Å². The van der Waals surface area contributed by atoms with E-state index >= 15 is 0 Å². The van der Waals surface area contributed by atoms with E-state index in [-0.39, 0.29) is 22.3 Å². The smallest absolute Gasteiger partial charge is 0.266 e. The van der Waals surface area contributed by atoms with E-state index in [4.69, 9.17) is 8.37 Å². The van der Waals surface area contributed by atoms with Crippen molar-refractivity contribution >= 4 is 20.2 Å². The van der Waals surface area contributed by atoms with Gasteiger partial charge in [0.15, 0.2) is 0 Å². The molecule has 2 atom stereocenters. The van der Waals surface area contributed by atoms with E-state index in [1.807, 2.05) is 13.8 Å². The summed E-state index contributed by atoms with van der Waals surface area (Å²) in [5.74, 6) is -0.305. The van der Waals surface area contributed by atoms with Crippen LogP contribution in [0.4, 0.5) is 0 Å². The lowest BCUT2D eigenvalue weighted by Gasteiger charge is -2.19. The molecule has 2 aromatic carbocycles. The molecule has 152 valence electrons. The molecule has 0 aromatic heterocycles. The molecule has 8 heteroatoms. The van der Waals surface area contributed by atoms with Gasteiger partial charge in [0, 0.05) is 5.92 Å². The lowest BCUT2D eigenvalue weighted by molar-refractivity contribution is 0.127. The summed E-state index contributed by atoms with van der Waals surface area (Å²) >= 11 is 0. The molecular weight excluding hydrogens is 400 g/mol. The maximum Gasteiger partial charge on any atom is 0.297 e. The Labute approximate surface area is 166 Å². The molecule has 0 amide bonds. The van der Waals surface area contributed by atoms with Crippen molar-refractivity contribution in [3.8, 4) is 0 Å². The van der Waals surface area contributed by atoms with Gasteiger partial charge in [-0.2, -0.15) is 16.8 Å². The molecular formula is C20H24O6S2. The summed E-state index contributed by atoms with van der Waals surface area (Å²) in [6.07, 6.45) is 1.35. The fourth-order valence-corrected chi connectivity index (χ4v) is 5.31. The van der Waals surface area contributed by atoms with Gasteiger partial charge in [-0.05, 0) is 51.0 Å². The van der Waals surface area contributed by atoms with Crippen molar-refractivity contribution in [2.75, 3.05) is 6.61 Å². The highest BCUT2D eigenvalue weighted by Gasteiger charge is 2.34. The third-order valence-corrected chi connectivity index (χ3v) is 7.54. The second-order valence-corrected chi connectivity index (χ2v) is 10.3. The van der Waals surface area contributed by atoms with Gasteiger partial charge in [-0.1, -0.05) is 41.8 Å². The van der Waals surface area contributed by atoms with Crippen LogP contribution in [0.1, 0.15) is 30.4 Å². The van der Waals surface area contributed by atoms with Crippen LogP contribution >= 0.6 is 0 Å². The minimum atomic E-state index is -3.91. The Hall–Kier alpha value is -1.74. The average molecular weight is 425 g/mol. The zero-order chi connectivity index (χ0) is 20.4. The van der Waals surface area contributed by atoms with Crippen molar-refractivity contribution in [2.24, 2.45) is 5.92 Å². The van der Waals surface area contributed by atoms with Gasteiger partial charge in [-0.15, -0.1) is 0 Å². The first-order chi connectivity index (χ1) is 13.2. The van der Waals surface area contributed by atoms with E-state index in [1.165, 1.54) is 24.3 Å². The number of benzene rings is 2. The molecule has 1 fully saturated rings. The fourth-order valence-electron chi connectivity index (χ4n) is 3.19. The van der Waals surface area contributed by atoms with E-state index in [0.29, 0.717) is 12.8 Å². The number of rotatable bonds is 7. The van der Waals surface area contributed by atoms with Crippen LogP contribution in [-0.4, -0.2) is 29.5 Å². The van der Waals surface area contributed by atoms with Gasteiger partial charge >= 0.3 is 0 Å². The van der Waals surface area contributed by atoms with Crippen molar-refractivity contribution in [3.05, 3.63) is 59.7 Å². The zero-order valence-electron chi connectivity index (χ0n) is 15.9. The molecule has 1 aliphatic rings. The van der Waals surface area contributed by atoms with Gasteiger partial charge in [0.05, 0.1) is 22.5 Å². The molecule has 6 nitrogen and oxygen atoms in total. The second-order valence-electron chi connectivity index (χ2n) is 7.14. The normalized spacial score (nSPS) is 20.4. The molecule has 0 bridgehead atoms. The first-order valence-corrected chi connectivity index (χ1v) is 11.9. The number of hydrogen-bond donors (Lipinski definition) is 0. The van der Waals surface area contributed by atoms with Crippen LogP contribution in [0.5, 0.6) is 0 Å². The molecule has 28 heavy (non-hydrogen) atoms. The minimum absolute atomic E-state index is 0.0841. The molecule has 0 aliphatic heterocycles. The van der Waals surface area contributed by atoms with Gasteiger partial charge < -0.3 is 0 Å². The number of hydrogen-bond acceptors (Lipinski definition) is 6. The topological polar surface area (TPSA) is 86.7 Å². The fraction of sp³-hybridized carbons (Fsp3) is 0.400. The molecule has 3 rings (SSSR count). The Kier molecular flexibility index (Phi) is 6.24. The van der Waals surface area contributed by atoms with Gasteiger partial charge in [-0.25, -0.2) is 0 Å².